The van der Waals surface area contributed by atoms with Crippen molar-refractivity contribution in [2.45, 2.75) is 51.7 Å². The number of halogens is 1. The minimum atomic E-state index is -0.671. The van der Waals surface area contributed by atoms with Crippen molar-refractivity contribution in [2.75, 3.05) is 6.61 Å². The molecular formula is C14H22BrN3O2. The van der Waals surface area contributed by atoms with E-state index in [4.69, 9.17) is 4.74 Å². The van der Waals surface area contributed by atoms with Gasteiger partial charge >= 0.3 is 5.97 Å². The largest absolute Gasteiger partial charge is 0.465 e. The Bertz CT molecular complexity index is 471. The first kappa shape index (κ1) is 15.5. The van der Waals surface area contributed by atoms with Crippen LogP contribution in [0.3, 0.4) is 0 Å². The highest BCUT2D eigenvalue weighted by atomic mass is 79.9. The van der Waals surface area contributed by atoms with Crippen LogP contribution in [0.5, 0.6) is 0 Å². The van der Waals surface area contributed by atoms with Gasteiger partial charge in [0, 0.05) is 12.2 Å². The molecule has 1 aliphatic rings. The Morgan fingerprint density at radius 1 is 1.65 bits per heavy atom. The molecule has 20 heavy (non-hydrogen) atoms. The molecule has 1 aromatic heterocycles. The highest BCUT2D eigenvalue weighted by Crippen LogP contribution is 2.42. The summed E-state index contributed by atoms with van der Waals surface area (Å²) in [5.41, 5.74) is -0.671. The molecule has 1 atom stereocenters. The van der Waals surface area contributed by atoms with Crippen molar-refractivity contribution in [1.29, 1.82) is 0 Å². The van der Waals surface area contributed by atoms with E-state index in [0.29, 0.717) is 19.1 Å². The third kappa shape index (κ3) is 3.41. The van der Waals surface area contributed by atoms with Crippen LogP contribution in [0.4, 0.5) is 0 Å². The van der Waals surface area contributed by atoms with E-state index >= 15 is 0 Å². The number of hydrogen-bond donors (Lipinski definition) is 1. The van der Waals surface area contributed by atoms with Crippen molar-refractivity contribution < 1.29 is 9.53 Å². The van der Waals surface area contributed by atoms with Gasteiger partial charge in [0.2, 0.25) is 0 Å². The first-order chi connectivity index (χ1) is 9.48. The van der Waals surface area contributed by atoms with Crippen LogP contribution in [0.2, 0.25) is 0 Å². The molecule has 0 saturated heterocycles. The fraction of sp³-hybridized carbons (Fsp3) is 0.714. The molecule has 1 aromatic rings. The normalized spacial score (nSPS) is 18.1. The molecule has 1 aliphatic carbocycles. The van der Waals surface area contributed by atoms with E-state index in [2.05, 4.69) is 40.2 Å². The van der Waals surface area contributed by atoms with E-state index < -0.39 is 5.54 Å². The van der Waals surface area contributed by atoms with Crippen molar-refractivity contribution in [2.24, 2.45) is 5.92 Å². The summed E-state index contributed by atoms with van der Waals surface area (Å²) in [7, 11) is 0. The molecule has 1 N–H and O–H groups in total. The average Bonchev–Trinajstić information content (AvgIpc) is 3.13. The molecule has 5 nitrogen and oxygen atoms in total. The first-order valence-corrected chi connectivity index (χ1v) is 7.90. The lowest BCUT2D eigenvalue weighted by Gasteiger charge is -2.34. The summed E-state index contributed by atoms with van der Waals surface area (Å²) in [4.78, 5) is 12.6. The predicted molar refractivity (Wildman–Crippen MR) is 80.3 cm³/mol. The fourth-order valence-corrected chi connectivity index (χ4v) is 2.94. The molecule has 1 fully saturated rings. The van der Waals surface area contributed by atoms with Crippen molar-refractivity contribution in [3.8, 4) is 0 Å². The minimum Gasteiger partial charge on any atom is -0.465 e. The summed E-state index contributed by atoms with van der Waals surface area (Å²) < 4.78 is 8.05. The van der Waals surface area contributed by atoms with Crippen LogP contribution >= 0.6 is 15.9 Å². The number of aromatic nitrogens is 2. The van der Waals surface area contributed by atoms with Gasteiger partial charge in [-0.25, -0.2) is 4.79 Å². The van der Waals surface area contributed by atoms with Gasteiger partial charge < -0.3 is 4.74 Å². The van der Waals surface area contributed by atoms with Gasteiger partial charge in [-0.3, -0.25) is 10.00 Å². The summed E-state index contributed by atoms with van der Waals surface area (Å²) in [6.45, 7) is 6.84. The number of esters is 1. The molecule has 0 bridgehead atoms. The van der Waals surface area contributed by atoms with Crippen LogP contribution in [0.1, 0.15) is 33.6 Å². The smallest absolute Gasteiger partial charge is 0.328 e. The Kier molecular flexibility index (Phi) is 4.86. The monoisotopic (exact) mass is 343 g/mol. The van der Waals surface area contributed by atoms with Gasteiger partial charge in [0.1, 0.15) is 5.54 Å². The molecule has 1 unspecified atom stereocenters. The highest BCUT2D eigenvalue weighted by molar-refractivity contribution is 9.10. The van der Waals surface area contributed by atoms with E-state index in [9.17, 15) is 4.79 Å². The Hall–Kier alpha value is -0.880. The lowest BCUT2D eigenvalue weighted by Crippen LogP contribution is -2.60. The Morgan fingerprint density at radius 2 is 2.35 bits per heavy atom. The predicted octanol–water partition coefficient (Wildman–Crippen LogP) is 2.36. The van der Waals surface area contributed by atoms with E-state index in [1.807, 2.05) is 13.1 Å². The highest BCUT2D eigenvalue weighted by Gasteiger charge is 2.52. The van der Waals surface area contributed by atoms with E-state index in [0.717, 1.165) is 17.3 Å². The van der Waals surface area contributed by atoms with Crippen LogP contribution in [0, 0.1) is 5.92 Å². The van der Waals surface area contributed by atoms with Crippen LogP contribution in [-0.4, -0.2) is 33.9 Å². The van der Waals surface area contributed by atoms with Gasteiger partial charge in [-0.2, -0.15) is 5.10 Å². The van der Waals surface area contributed by atoms with E-state index in [1.165, 1.54) is 0 Å². The van der Waals surface area contributed by atoms with E-state index in [-0.39, 0.29) is 12.0 Å². The summed E-state index contributed by atoms with van der Waals surface area (Å²) in [6, 6.07) is 0.207. The second kappa shape index (κ2) is 6.26. The number of carbonyl (C=O) groups is 1. The van der Waals surface area contributed by atoms with Crippen molar-refractivity contribution >= 4 is 21.9 Å². The number of carbonyl (C=O) groups excluding carboxylic acids is 1. The maximum atomic E-state index is 12.6. The average molecular weight is 344 g/mol. The first-order valence-electron chi connectivity index (χ1n) is 7.11. The molecule has 112 valence electrons. The van der Waals surface area contributed by atoms with Crippen molar-refractivity contribution in [3.05, 3.63) is 16.9 Å². The van der Waals surface area contributed by atoms with Crippen LogP contribution < -0.4 is 5.32 Å². The zero-order valence-corrected chi connectivity index (χ0v) is 13.8. The van der Waals surface area contributed by atoms with Gasteiger partial charge in [-0.05, 0) is 55.5 Å². The molecule has 1 heterocycles. The van der Waals surface area contributed by atoms with Crippen LogP contribution in [-0.2, 0) is 16.1 Å². The van der Waals surface area contributed by atoms with Crippen molar-refractivity contribution in [3.63, 3.8) is 0 Å². The Morgan fingerprint density at radius 3 is 2.80 bits per heavy atom. The second-order valence-electron chi connectivity index (χ2n) is 5.62. The Balaban J connectivity index is 2.27. The number of hydrogen-bond acceptors (Lipinski definition) is 4. The molecule has 1 saturated carbocycles. The maximum absolute atomic E-state index is 12.6. The number of nitrogens with one attached hydrogen (secondary N) is 1. The fourth-order valence-electron chi connectivity index (χ4n) is 2.61. The SMILES string of the molecule is CCOC(=O)C(Cn1cc(Br)cn1)(NC(C)C)C1CC1. The molecule has 0 aliphatic heterocycles. The molecule has 0 radical (unpaired) electrons. The molecule has 0 spiro atoms. The molecule has 2 rings (SSSR count). The summed E-state index contributed by atoms with van der Waals surface area (Å²) in [5.74, 6) is 0.162. The molecule has 0 amide bonds. The lowest BCUT2D eigenvalue weighted by molar-refractivity contribution is -0.153. The number of rotatable bonds is 7. The summed E-state index contributed by atoms with van der Waals surface area (Å²) in [6.07, 6.45) is 5.73. The molecular weight excluding hydrogens is 322 g/mol. The zero-order valence-electron chi connectivity index (χ0n) is 12.2. The van der Waals surface area contributed by atoms with Gasteiger partial charge in [0.05, 0.1) is 23.8 Å². The summed E-state index contributed by atoms with van der Waals surface area (Å²) in [5, 5.41) is 7.73. The number of nitrogens with zero attached hydrogens (tertiary/aromatic N) is 2. The third-order valence-corrected chi connectivity index (χ3v) is 3.88. The number of ether oxygens (including phenoxy) is 1. The van der Waals surface area contributed by atoms with Crippen molar-refractivity contribution in [1.82, 2.24) is 15.1 Å². The zero-order chi connectivity index (χ0) is 14.8. The third-order valence-electron chi connectivity index (χ3n) is 3.47. The molecule has 0 aromatic carbocycles. The van der Waals surface area contributed by atoms with Crippen LogP contribution in [0.25, 0.3) is 0 Å². The molecule has 6 heteroatoms. The standard InChI is InChI=1S/C14H22BrN3O2/c1-4-20-13(19)14(11-5-6-11,17-10(2)3)9-18-8-12(15)7-16-18/h7-8,10-11,17H,4-6,9H2,1-3H3. The minimum absolute atomic E-state index is 0.164. The van der Waals surface area contributed by atoms with Gasteiger partial charge in [0.15, 0.2) is 0 Å². The topological polar surface area (TPSA) is 56.2 Å². The second-order valence-corrected chi connectivity index (χ2v) is 6.54. The quantitative estimate of drug-likeness (QED) is 0.772. The van der Waals surface area contributed by atoms with Gasteiger partial charge in [-0.1, -0.05) is 0 Å². The van der Waals surface area contributed by atoms with Crippen LogP contribution in [0.15, 0.2) is 16.9 Å². The Labute approximate surface area is 128 Å². The van der Waals surface area contributed by atoms with E-state index in [1.54, 1.807) is 10.9 Å². The van der Waals surface area contributed by atoms with Gasteiger partial charge in [0.25, 0.3) is 0 Å². The van der Waals surface area contributed by atoms with Gasteiger partial charge in [-0.15, -0.1) is 0 Å². The summed E-state index contributed by atoms with van der Waals surface area (Å²) >= 11 is 3.39. The maximum Gasteiger partial charge on any atom is 0.328 e. The lowest BCUT2D eigenvalue weighted by atomic mass is 9.92.